The fraction of sp³-hybridized carbons (Fsp3) is 0.231. The van der Waals surface area contributed by atoms with Crippen LogP contribution in [0.15, 0.2) is 18.2 Å². The average molecular weight is 314 g/mol. The molecule has 0 bridgehead atoms. The van der Waals surface area contributed by atoms with Gasteiger partial charge in [0.05, 0.1) is 11.4 Å². The number of rotatable bonds is 2. The first-order valence-corrected chi connectivity index (χ1v) is 6.39. The minimum Gasteiger partial charge on any atom is -0.395 e. The molecule has 5 nitrogen and oxygen atoms in total. The average Bonchev–Trinajstić information content (AvgIpc) is 2.69. The van der Waals surface area contributed by atoms with E-state index in [1.807, 2.05) is 0 Å². The molecule has 2 heterocycles. The molecule has 1 aliphatic heterocycles. The van der Waals surface area contributed by atoms with Crippen LogP contribution in [0.5, 0.6) is 11.5 Å². The van der Waals surface area contributed by atoms with E-state index in [1.54, 1.807) is 19.9 Å². The second-order valence-corrected chi connectivity index (χ2v) is 4.85. The van der Waals surface area contributed by atoms with E-state index < -0.39 is 6.29 Å². The summed E-state index contributed by atoms with van der Waals surface area (Å²) >= 11 is 6.00. The highest BCUT2D eigenvalue weighted by Crippen LogP contribution is 2.42. The summed E-state index contributed by atoms with van der Waals surface area (Å²) in [5.41, 5.74) is 1.92. The highest BCUT2D eigenvalue weighted by molar-refractivity contribution is 6.31. The number of nitrogens with zero attached hydrogens (tertiary/aromatic N) is 2. The first kappa shape index (κ1) is 13.8. The number of hydrogen-bond donors (Lipinski definition) is 1. The summed E-state index contributed by atoms with van der Waals surface area (Å²) in [6.07, 6.45) is -3.64. The lowest BCUT2D eigenvalue weighted by molar-refractivity contribution is -0.286. The number of aryl methyl sites for hydroxylation is 2. The smallest absolute Gasteiger partial charge is 0.395 e. The Balaban J connectivity index is 1.89. The van der Waals surface area contributed by atoms with Crippen LogP contribution in [0.2, 0.25) is 5.15 Å². The van der Waals surface area contributed by atoms with Crippen LogP contribution in [-0.4, -0.2) is 16.3 Å². The predicted molar refractivity (Wildman–Crippen MR) is 72.4 cm³/mol. The molecule has 0 radical (unpaired) electrons. The van der Waals surface area contributed by atoms with Gasteiger partial charge in [0, 0.05) is 11.8 Å². The third-order valence-electron chi connectivity index (χ3n) is 2.93. The maximum atomic E-state index is 12.9. The van der Waals surface area contributed by atoms with Crippen molar-refractivity contribution < 1.29 is 18.3 Å². The highest BCUT2D eigenvalue weighted by atomic mass is 35.5. The van der Waals surface area contributed by atoms with E-state index >= 15 is 0 Å². The van der Waals surface area contributed by atoms with Crippen molar-refractivity contribution in [2.45, 2.75) is 20.1 Å². The van der Waals surface area contributed by atoms with Gasteiger partial charge in [0.2, 0.25) is 0 Å². The molecule has 3 rings (SSSR count). The molecule has 0 aliphatic carbocycles. The van der Waals surface area contributed by atoms with Gasteiger partial charge in [-0.05, 0) is 26.0 Å². The van der Waals surface area contributed by atoms with E-state index in [4.69, 9.17) is 11.6 Å². The minimum absolute atomic E-state index is 0.0252. The molecule has 0 saturated heterocycles. The Morgan fingerprint density at radius 1 is 1.10 bits per heavy atom. The maximum absolute atomic E-state index is 12.9. The van der Waals surface area contributed by atoms with Crippen LogP contribution in [0.1, 0.15) is 11.4 Å². The summed E-state index contributed by atoms with van der Waals surface area (Å²) in [5.74, 6) is 0.256. The van der Waals surface area contributed by atoms with E-state index in [0.29, 0.717) is 17.2 Å². The van der Waals surface area contributed by atoms with Gasteiger partial charge in [-0.3, -0.25) is 0 Å². The van der Waals surface area contributed by atoms with Crippen molar-refractivity contribution in [1.29, 1.82) is 0 Å². The van der Waals surface area contributed by atoms with Crippen LogP contribution in [-0.2, 0) is 0 Å². The molecule has 1 aromatic carbocycles. The van der Waals surface area contributed by atoms with Gasteiger partial charge >= 0.3 is 6.29 Å². The van der Waals surface area contributed by atoms with Gasteiger partial charge in [0.25, 0.3) is 0 Å². The predicted octanol–water partition coefficient (Wildman–Crippen LogP) is 3.81. The van der Waals surface area contributed by atoms with Crippen LogP contribution in [0.4, 0.5) is 20.3 Å². The number of benzene rings is 1. The second-order valence-electron chi connectivity index (χ2n) is 4.49. The molecule has 110 valence electrons. The van der Waals surface area contributed by atoms with E-state index in [-0.39, 0.29) is 16.7 Å². The molecule has 1 aliphatic rings. The van der Waals surface area contributed by atoms with E-state index in [9.17, 15) is 8.78 Å². The molecule has 0 unspecified atom stereocenters. The second kappa shape index (κ2) is 4.70. The third kappa shape index (κ3) is 2.69. The highest BCUT2D eigenvalue weighted by Gasteiger charge is 2.43. The molecule has 0 fully saturated rings. The van der Waals surface area contributed by atoms with Crippen molar-refractivity contribution in [2.75, 3.05) is 5.32 Å². The van der Waals surface area contributed by atoms with E-state index in [2.05, 4.69) is 24.8 Å². The van der Waals surface area contributed by atoms with Gasteiger partial charge < -0.3 is 14.8 Å². The summed E-state index contributed by atoms with van der Waals surface area (Å²) in [6.45, 7) is 3.59. The summed E-state index contributed by atoms with van der Waals surface area (Å²) in [4.78, 5) is 8.39. The quantitative estimate of drug-likeness (QED) is 0.913. The number of aromatic nitrogens is 2. The van der Waals surface area contributed by atoms with Gasteiger partial charge in [-0.2, -0.15) is 0 Å². The zero-order valence-corrected chi connectivity index (χ0v) is 11.8. The Bertz CT molecular complexity index is 725. The van der Waals surface area contributed by atoms with E-state index in [0.717, 1.165) is 5.69 Å². The number of fused-ring (bicyclic) bond motifs is 1. The topological polar surface area (TPSA) is 56.3 Å². The van der Waals surface area contributed by atoms with Crippen LogP contribution < -0.4 is 14.8 Å². The lowest BCUT2D eigenvalue weighted by atomic mass is 10.3. The summed E-state index contributed by atoms with van der Waals surface area (Å²) in [6, 6.07) is 4.31. The van der Waals surface area contributed by atoms with Crippen LogP contribution in [0, 0.1) is 13.8 Å². The number of hydrogen-bond acceptors (Lipinski definition) is 5. The Morgan fingerprint density at radius 2 is 1.76 bits per heavy atom. The summed E-state index contributed by atoms with van der Waals surface area (Å²) in [7, 11) is 0. The Kier molecular flexibility index (Phi) is 3.09. The molecule has 0 amide bonds. The molecule has 1 aromatic heterocycles. The fourth-order valence-corrected chi connectivity index (χ4v) is 2.04. The van der Waals surface area contributed by atoms with Crippen molar-refractivity contribution in [3.8, 4) is 11.5 Å². The normalized spacial score (nSPS) is 15.1. The Hall–Kier alpha value is -2.15. The molecule has 8 heteroatoms. The molecular formula is C13H10ClF2N3O2. The molecule has 2 aromatic rings. The number of alkyl halides is 2. The lowest BCUT2D eigenvalue weighted by Gasteiger charge is -2.09. The monoisotopic (exact) mass is 313 g/mol. The number of nitrogens with one attached hydrogen (secondary N) is 1. The van der Waals surface area contributed by atoms with Gasteiger partial charge in [-0.25, -0.2) is 9.97 Å². The van der Waals surface area contributed by atoms with Gasteiger partial charge in [0.1, 0.15) is 0 Å². The van der Waals surface area contributed by atoms with Crippen LogP contribution >= 0.6 is 11.6 Å². The fourth-order valence-electron chi connectivity index (χ4n) is 1.82. The molecule has 1 N–H and O–H groups in total. The molecular weight excluding hydrogens is 304 g/mol. The molecule has 0 saturated carbocycles. The first-order chi connectivity index (χ1) is 9.84. The van der Waals surface area contributed by atoms with Crippen molar-refractivity contribution in [2.24, 2.45) is 0 Å². The Labute approximate surface area is 123 Å². The molecule has 0 spiro atoms. The third-order valence-corrected chi connectivity index (χ3v) is 3.19. The van der Waals surface area contributed by atoms with Crippen molar-refractivity contribution in [3.63, 3.8) is 0 Å². The number of ether oxygens (including phenoxy) is 2. The SMILES string of the molecule is Cc1nc(Cl)c(Nc2ccc3c(c2)OC(F)(F)O3)nc1C. The van der Waals surface area contributed by atoms with Gasteiger partial charge in [-0.15, -0.1) is 8.78 Å². The standard InChI is InChI=1S/C13H10ClF2N3O2/c1-6-7(2)18-12(11(14)17-6)19-8-3-4-9-10(5-8)21-13(15,16)20-9/h3-5H,1-2H3,(H,18,19). The first-order valence-electron chi connectivity index (χ1n) is 6.02. The van der Waals surface area contributed by atoms with Crippen LogP contribution in [0.25, 0.3) is 0 Å². The zero-order chi connectivity index (χ0) is 15.2. The number of halogens is 3. The Morgan fingerprint density at radius 3 is 2.52 bits per heavy atom. The molecule has 0 atom stereocenters. The van der Waals surface area contributed by atoms with Crippen molar-refractivity contribution in [1.82, 2.24) is 9.97 Å². The van der Waals surface area contributed by atoms with Crippen LogP contribution in [0.3, 0.4) is 0 Å². The van der Waals surface area contributed by atoms with Gasteiger partial charge in [-0.1, -0.05) is 11.6 Å². The zero-order valence-electron chi connectivity index (χ0n) is 11.1. The largest absolute Gasteiger partial charge is 0.586 e. The maximum Gasteiger partial charge on any atom is 0.586 e. The summed E-state index contributed by atoms with van der Waals surface area (Å²) < 4.78 is 34.6. The van der Waals surface area contributed by atoms with Gasteiger partial charge in [0.15, 0.2) is 22.5 Å². The van der Waals surface area contributed by atoms with Crippen molar-refractivity contribution >= 4 is 23.1 Å². The minimum atomic E-state index is -3.64. The molecule has 21 heavy (non-hydrogen) atoms. The summed E-state index contributed by atoms with van der Waals surface area (Å²) in [5, 5.41) is 3.11. The number of anilines is 2. The lowest BCUT2D eigenvalue weighted by Crippen LogP contribution is -2.25. The van der Waals surface area contributed by atoms with Crippen molar-refractivity contribution in [3.05, 3.63) is 34.7 Å². The van der Waals surface area contributed by atoms with E-state index in [1.165, 1.54) is 12.1 Å².